The van der Waals surface area contributed by atoms with Gasteiger partial charge >= 0.3 is 0 Å². The van der Waals surface area contributed by atoms with Gasteiger partial charge in [0.25, 0.3) is 0 Å². The molecule has 22 heavy (non-hydrogen) atoms. The molecule has 1 aliphatic rings. The Morgan fingerprint density at radius 2 is 2.05 bits per heavy atom. The maximum atomic E-state index is 12.9. The van der Waals surface area contributed by atoms with E-state index in [2.05, 4.69) is 5.16 Å². The normalized spacial score (nSPS) is 19.6. The van der Waals surface area contributed by atoms with Crippen molar-refractivity contribution in [2.75, 3.05) is 6.54 Å². The molecular formula is C16H20N2O3S. The number of benzene rings is 1. The first-order chi connectivity index (χ1) is 10.5. The molecule has 1 aromatic heterocycles. The Hall–Kier alpha value is -1.66. The Morgan fingerprint density at radius 1 is 1.32 bits per heavy atom. The van der Waals surface area contributed by atoms with Crippen molar-refractivity contribution in [2.24, 2.45) is 0 Å². The predicted octanol–water partition coefficient (Wildman–Crippen LogP) is 3.07. The van der Waals surface area contributed by atoms with Gasteiger partial charge in [-0.05, 0) is 38.3 Å². The zero-order valence-electron chi connectivity index (χ0n) is 12.8. The second-order valence-electron chi connectivity index (χ2n) is 5.66. The van der Waals surface area contributed by atoms with E-state index in [0.29, 0.717) is 17.2 Å². The second-order valence-corrected chi connectivity index (χ2v) is 7.55. The minimum absolute atomic E-state index is 0.251. The van der Waals surface area contributed by atoms with E-state index in [9.17, 15) is 8.42 Å². The van der Waals surface area contributed by atoms with Gasteiger partial charge in [-0.25, -0.2) is 8.42 Å². The molecular weight excluding hydrogens is 300 g/mol. The van der Waals surface area contributed by atoms with Crippen molar-refractivity contribution in [1.82, 2.24) is 9.46 Å². The summed E-state index contributed by atoms with van der Waals surface area (Å²) in [6, 6.07) is 8.59. The monoisotopic (exact) mass is 320 g/mol. The molecule has 2 heterocycles. The molecule has 5 nitrogen and oxygen atoms in total. The Kier molecular flexibility index (Phi) is 4.06. The summed E-state index contributed by atoms with van der Waals surface area (Å²) >= 11 is 0. The van der Waals surface area contributed by atoms with E-state index >= 15 is 0 Å². The maximum absolute atomic E-state index is 12.9. The lowest BCUT2D eigenvalue weighted by atomic mass is 10.1. The van der Waals surface area contributed by atoms with Gasteiger partial charge in [0.05, 0.1) is 16.6 Å². The molecule has 0 saturated carbocycles. The number of hydrogen-bond donors (Lipinski definition) is 0. The van der Waals surface area contributed by atoms with Crippen molar-refractivity contribution in [3.05, 3.63) is 47.3 Å². The standard InChI is InChI=1S/C16H20N2O3S/c1-3-13-11-16(21-17-13)15-5-4-10-18(15)22(19,20)14-8-6-12(2)7-9-14/h6-9,11,15H,3-5,10H2,1-2H3/t15-/m0/s1. The van der Waals surface area contributed by atoms with Crippen LogP contribution in [0.3, 0.4) is 0 Å². The van der Waals surface area contributed by atoms with Crippen LogP contribution in [0.4, 0.5) is 0 Å². The molecule has 118 valence electrons. The maximum Gasteiger partial charge on any atom is 0.243 e. The highest BCUT2D eigenvalue weighted by atomic mass is 32.2. The van der Waals surface area contributed by atoms with Gasteiger partial charge in [-0.1, -0.05) is 29.8 Å². The van der Waals surface area contributed by atoms with Crippen LogP contribution in [0, 0.1) is 6.92 Å². The van der Waals surface area contributed by atoms with E-state index in [1.54, 1.807) is 12.1 Å². The topological polar surface area (TPSA) is 63.4 Å². The number of sulfonamides is 1. The summed E-state index contributed by atoms with van der Waals surface area (Å²) in [4.78, 5) is 0.334. The average Bonchev–Trinajstić information content (AvgIpc) is 3.16. The third-order valence-electron chi connectivity index (χ3n) is 4.10. The number of aromatic nitrogens is 1. The molecule has 2 aromatic rings. The molecule has 1 aromatic carbocycles. The van der Waals surface area contributed by atoms with E-state index in [0.717, 1.165) is 30.5 Å². The molecule has 3 rings (SSSR count). The summed E-state index contributed by atoms with van der Waals surface area (Å²) in [5, 5.41) is 3.98. The van der Waals surface area contributed by atoms with Crippen LogP contribution < -0.4 is 0 Å². The lowest BCUT2D eigenvalue weighted by molar-refractivity contribution is 0.296. The van der Waals surface area contributed by atoms with Crippen LogP contribution in [0.25, 0.3) is 0 Å². The molecule has 6 heteroatoms. The van der Waals surface area contributed by atoms with Gasteiger partial charge in [0.1, 0.15) is 0 Å². The van der Waals surface area contributed by atoms with E-state index in [4.69, 9.17) is 4.52 Å². The summed E-state index contributed by atoms with van der Waals surface area (Å²) in [7, 11) is -3.50. The zero-order valence-corrected chi connectivity index (χ0v) is 13.6. The summed E-state index contributed by atoms with van der Waals surface area (Å²) in [6.07, 6.45) is 2.38. The molecule has 0 bridgehead atoms. The third-order valence-corrected chi connectivity index (χ3v) is 6.02. The minimum atomic E-state index is -3.50. The Bertz CT molecular complexity index is 750. The van der Waals surface area contributed by atoms with E-state index in [-0.39, 0.29) is 6.04 Å². The van der Waals surface area contributed by atoms with Crippen LogP contribution in [-0.4, -0.2) is 24.4 Å². The van der Waals surface area contributed by atoms with Gasteiger partial charge in [0, 0.05) is 12.6 Å². The molecule has 0 spiro atoms. The SMILES string of the molecule is CCc1cc([C@@H]2CCCN2S(=O)(=O)c2ccc(C)cc2)on1. The number of hydrogen-bond acceptors (Lipinski definition) is 4. The molecule has 0 radical (unpaired) electrons. The summed E-state index contributed by atoms with van der Waals surface area (Å²) in [5.41, 5.74) is 1.90. The fourth-order valence-corrected chi connectivity index (χ4v) is 4.47. The van der Waals surface area contributed by atoms with Gasteiger partial charge in [-0.3, -0.25) is 0 Å². The molecule has 1 saturated heterocycles. The van der Waals surface area contributed by atoms with Gasteiger partial charge in [0.2, 0.25) is 10.0 Å². The summed E-state index contributed by atoms with van der Waals surface area (Å²) < 4.78 is 32.6. The number of rotatable bonds is 4. The molecule has 0 N–H and O–H groups in total. The smallest absolute Gasteiger partial charge is 0.243 e. The summed E-state index contributed by atoms with van der Waals surface area (Å²) in [5.74, 6) is 0.644. The van der Waals surface area contributed by atoms with E-state index in [1.807, 2.05) is 32.0 Å². The van der Waals surface area contributed by atoms with Gasteiger partial charge in [0.15, 0.2) is 5.76 Å². The molecule has 1 atom stereocenters. The first-order valence-corrected chi connectivity index (χ1v) is 9.00. The first kappa shape index (κ1) is 15.2. The highest BCUT2D eigenvalue weighted by Gasteiger charge is 2.38. The Morgan fingerprint density at radius 3 is 2.68 bits per heavy atom. The average molecular weight is 320 g/mol. The van der Waals surface area contributed by atoms with Crippen LogP contribution in [-0.2, 0) is 16.4 Å². The van der Waals surface area contributed by atoms with Crippen molar-refractivity contribution in [3.63, 3.8) is 0 Å². The lowest BCUT2D eigenvalue weighted by Gasteiger charge is -2.22. The molecule has 1 fully saturated rings. The van der Waals surface area contributed by atoms with Crippen molar-refractivity contribution >= 4 is 10.0 Å². The quantitative estimate of drug-likeness (QED) is 0.868. The fraction of sp³-hybridized carbons (Fsp3) is 0.438. The Balaban J connectivity index is 1.93. The number of aryl methyl sites for hydroxylation is 2. The summed E-state index contributed by atoms with van der Waals surface area (Å²) in [6.45, 7) is 4.45. The largest absolute Gasteiger partial charge is 0.359 e. The van der Waals surface area contributed by atoms with Crippen molar-refractivity contribution < 1.29 is 12.9 Å². The van der Waals surface area contributed by atoms with Crippen LogP contribution in [0.2, 0.25) is 0 Å². The molecule has 0 aliphatic carbocycles. The van der Waals surface area contributed by atoms with Crippen LogP contribution >= 0.6 is 0 Å². The molecule has 0 unspecified atom stereocenters. The second kappa shape index (κ2) is 5.85. The van der Waals surface area contributed by atoms with Gasteiger partial charge in [-0.15, -0.1) is 0 Å². The highest BCUT2D eigenvalue weighted by molar-refractivity contribution is 7.89. The molecule has 0 amide bonds. The van der Waals surface area contributed by atoms with Crippen LogP contribution in [0.1, 0.15) is 42.8 Å². The highest BCUT2D eigenvalue weighted by Crippen LogP contribution is 2.36. The van der Waals surface area contributed by atoms with E-state index in [1.165, 1.54) is 4.31 Å². The fourth-order valence-electron chi connectivity index (χ4n) is 2.81. The van der Waals surface area contributed by atoms with Crippen LogP contribution in [0.15, 0.2) is 39.8 Å². The van der Waals surface area contributed by atoms with Crippen molar-refractivity contribution in [1.29, 1.82) is 0 Å². The predicted molar refractivity (Wildman–Crippen MR) is 82.9 cm³/mol. The van der Waals surface area contributed by atoms with E-state index < -0.39 is 10.0 Å². The first-order valence-electron chi connectivity index (χ1n) is 7.56. The van der Waals surface area contributed by atoms with Crippen molar-refractivity contribution in [2.45, 2.75) is 44.0 Å². The third kappa shape index (κ3) is 2.68. The minimum Gasteiger partial charge on any atom is -0.359 e. The van der Waals surface area contributed by atoms with Crippen molar-refractivity contribution in [3.8, 4) is 0 Å². The van der Waals surface area contributed by atoms with Gasteiger partial charge < -0.3 is 4.52 Å². The number of nitrogens with zero attached hydrogens (tertiary/aromatic N) is 2. The Labute approximate surface area is 131 Å². The van der Waals surface area contributed by atoms with Gasteiger partial charge in [-0.2, -0.15) is 4.31 Å². The zero-order chi connectivity index (χ0) is 15.7. The van der Waals surface area contributed by atoms with Crippen LogP contribution in [0.5, 0.6) is 0 Å². The lowest BCUT2D eigenvalue weighted by Crippen LogP contribution is -2.30. The molecule has 1 aliphatic heterocycles.